The molecule has 0 saturated carbocycles. The van der Waals surface area contributed by atoms with E-state index < -0.39 is 6.10 Å². The second-order valence-corrected chi connectivity index (χ2v) is 8.04. The van der Waals surface area contributed by atoms with Gasteiger partial charge < -0.3 is 14.5 Å². The predicted octanol–water partition coefficient (Wildman–Crippen LogP) is 2.83. The minimum Gasteiger partial charge on any atom is -0.369 e. The Labute approximate surface area is 180 Å². The molecule has 2 fully saturated rings. The second-order valence-electron chi connectivity index (χ2n) is 8.04. The molecule has 2 unspecified atom stereocenters. The van der Waals surface area contributed by atoms with Gasteiger partial charge in [0.15, 0.2) is 6.10 Å². The van der Waals surface area contributed by atoms with Crippen LogP contribution in [-0.2, 0) is 9.53 Å². The number of pyridine rings is 2. The average Bonchev–Trinajstić information content (AvgIpc) is 2.83. The van der Waals surface area contributed by atoms with Crippen molar-refractivity contribution in [3.8, 4) is 0 Å². The summed E-state index contributed by atoms with van der Waals surface area (Å²) in [5, 5.41) is 1.02. The number of para-hydroxylation sites is 1. The number of ether oxygens (including phenoxy) is 1. The standard InChI is InChI=1S/C24H24N4O3/c1-31-22-21(17-8-12-25-13-9-17)28(24(22)30)18-10-14-27(15-11-18)23(29)20-7-6-16-4-2-3-5-19(16)26-20/h2-9,12-13,18,21-22H,10-11,14-15H2,1H3. The SMILES string of the molecule is COC1C(=O)N(C2CCN(C(=O)c3ccc4ccccc4n3)CC2)C1c1ccncc1. The van der Waals surface area contributed by atoms with Gasteiger partial charge in [0.05, 0.1) is 11.6 Å². The van der Waals surface area contributed by atoms with Crippen LogP contribution in [0.2, 0.25) is 0 Å². The zero-order valence-corrected chi connectivity index (χ0v) is 17.3. The summed E-state index contributed by atoms with van der Waals surface area (Å²) in [7, 11) is 1.58. The van der Waals surface area contributed by atoms with Crippen molar-refractivity contribution in [2.24, 2.45) is 0 Å². The highest BCUT2D eigenvalue weighted by atomic mass is 16.5. The number of amides is 2. The molecule has 5 rings (SSSR count). The number of hydrogen-bond acceptors (Lipinski definition) is 5. The Morgan fingerprint density at radius 1 is 1.03 bits per heavy atom. The number of carbonyl (C=O) groups excluding carboxylic acids is 2. The molecule has 0 N–H and O–H groups in total. The van der Waals surface area contributed by atoms with Crippen molar-refractivity contribution in [1.29, 1.82) is 0 Å². The van der Waals surface area contributed by atoms with Crippen molar-refractivity contribution in [3.05, 3.63) is 72.2 Å². The van der Waals surface area contributed by atoms with Crippen LogP contribution >= 0.6 is 0 Å². The van der Waals surface area contributed by atoms with E-state index in [9.17, 15) is 9.59 Å². The highest BCUT2D eigenvalue weighted by Crippen LogP contribution is 2.40. The summed E-state index contributed by atoms with van der Waals surface area (Å²) in [6, 6.07) is 15.4. The van der Waals surface area contributed by atoms with Gasteiger partial charge in [-0.1, -0.05) is 24.3 Å². The Morgan fingerprint density at radius 2 is 1.77 bits per heavy atom. The molecule has 158 valence electrons. The summed E-state index contributed by atoms with van der Waals surface area (Å²) in [6.45, 7) is 1.20. The molecule has 3 aromatic rings. The zero-order valence-electron chi connectivity index (χ0n) is 17.3. The minimum absolute atomic E-state index is 0.0188. The summed E-state index contributed by atoms with van der Waals surface area (Å²) >= 11 is 0. The van der Waals surface area contributed by atoms with Gasteiger partial charge in [0, 0.05) is 44.0 Å². The molecular weight excluding hydrogens is 392 g/mol. The Kier molecular flexibility index (Phi) is 5.11. The fourth-order valence-corrected chi connectivity index (χ4v) is 4.71. The van der Waals surface area contributed by atoms with Gasteiger partial charge in [0.1, 0.15) is 5.69 Å². The van der Waals surface area contributed by atoms with E-state index in [4.69, 9.17) is 4.74 Å². The van der Waals surface area contributed by atoms with Crippen LogP contribution in [0.5, 0.6) is 0 Å². The van der Waals surface area contributed by atoms with Crippen molar-refractivity contribution >= 4 is 22.7 Å². The Balaban J connectivity index is 1.28. The molecule has 2 saturated heterocycles. The number of benzene rings is 1. The molecule has 2 amide bonds. The van der Waals surface area contributed by atoms with Gasteiger partial charge in [-0.3, -0.25) is 14.6 Å². The molecule has 2 aromatic heterocycles. The lowest BCUT2D eigenvalue weighted by molar-refractivity contribution is -0.178. The highest BCUT2D eigenvalue weighted by Gasteiger charge is 2.51. The third kappa shape index (κ3) is 3.45. The lowest BCUT2D eigenvalue weighted by atomic mass is 9.86. The number of nitrogens with zero attached hydrogens (tertiary/aromatic N) is 4. The lowest BCUT2D eigenvalue weighted by Crippen LogP contribution is -2.64. The third-order valence-corrected chi connectivity index (χ3v) is 6.35. The van der Waals surface area contributed by atoms with Crippen molar-refractivity contribution in [1.82, 2.24) is 19.8 Å². The molecule has 2 aliphatic heterocycles. The Bertz CT molecular complexity index is 1110. The van der Waals surface area contributed by atoms with E-state index in [1.54, 1.807) is 25.6 Å². The maximum Gasteiger partial charge on any atom is 0.272 e. The fraction of sp³-hybridized carbons (Fsp3) is 0.333. The van der Waals surface area contributed by atoms with Crippen LogP contribution in [-0.4, -0.2) is 63.9 Å². The number of methoxy groups -OCH3 is 1. The van der Waals surface area contributed by atoms with Crippen molar-refractivity contribution < 1.29 is 14.3 Å². The molecular formula is C24H24N4O3. The summed E-state index contributed by atoms with van der Waals surface area (Å²) in [5.41, 5.74) is 2.31. The smallest absolute Gasteiger partial charge is 0.272 e. The molecule has 7 nitrogen and oxygen atoms in total. The van der Waals surface area contributed by atoms with Gasteiger partial charge >= 0.3 is 0 Å². The van der Waals surface area contributed by atoms with E-state index in [0.717, 1.165) is 29.3 Å². The van der Waals surface area contributed by atoms with E-state index in [2.05, 4.69) is 9.97 Å². The van der Waals surface area contributed by atoms with Gasteiger partial charge in [-0.05, 0) is 42.7 Å². The van der Waals surface area contributed by atoms with Gasteiger partial charge in [0.2, 0.25) is 0 Å². The van der Waals surface area contributed by atoms with Crippen molar-refractivity contribution in [2.45, 2.75) is 31.0 Å². The van der Waals surface area contributed by atoms with Gasteiger partial charge in [0.25, 0.3) is 11.8 Å². The maximum absolute atomic E-state index is 13.0. The van der Waals surface area contributed by atoms with Crippen LogP contribution in [0.3, 0.4) is 0 Å². The third-order valence-electron chi connectivity index (χ3n) is 6.35. The summed E-state index contributed by atoms with van der Waals surface area (Å²) in [5.74, 6) is -0.0372. The maximum atomic E-state index is 13.0. The molecule has 0 bridgehead atoms. The molecule has 7 heteroatoms. The zero-order chi connectivity index (χ0) is 21.4. The highest BCUT2D eigenvalue weighted by molar-refractivity contribution is 5.95. The topological polar surface area (TPSA) is 75.6 Å². The number of aromatic nitrogens is 2. The summed E-state index contributed by atoms with van der Waals surface area (Å²) in [4.78, 5) is 38.1. The average molecular weight is 416 g/mol. The molecule has 0 aliphatic carbocycles. The van der Waals surface area contributed by atoms with Crippen LogP contribution in [0, 0.1) is 0 Å². The van der Waals surface area contributed by atoms with Gasteiger partial charge in [-0.25, -0.2) is 4.98 Å². The number of hydrogen-bond donors (Lipinski definition) is 0. The quantitative estimate of drug-likeness (QED) is 0.612. The first-order valence-electron chi connectivity index (χ1n) is 10.6. The molecule has 2 aliphatic rings. The predicted molar refractivity (Wildman–Crippen MR) is 115 cm³/mol. The normalized spacial score (nSPS) is 21.9. The van der Waals surface area contributed by atoms with E-state index >= 15 is 0 Å². The minimum atomic E-state index is -0.455. The first kappa shape index (κ1) is 19.6. The number of fused-ring (bicyclic) bond motifs is 1. The summed E-state index contributed by atoms with van der Waals surface area (Å²) in [6.07, 6.45) is 4.50. The van der Waals surface area contributed by atoms with Crippen LogP contribution in [0.4, 0.5) is 0 Å². The molecule has 0 radical (unpaired) electrons. The van der Waals surface area contributed by atoms with E-state index in [1.807, 2.05) is 52.3 Å². The van der Waals surface area contributed by atoms with Crippen molar-refractivity contribution in [3.63, 3.8) is 0 Å². The van der Waals surface area contributed by atoms with Crippen LogP contribution < -0.4 is 0 Å². The van der Waals surface area contributed by atoms with Crippen LogP contribution in [0.15, 0.2) is 60.9 Å². The Hall–Kier alpha value is -3.32. The molecule has 0 spiro atoms. The monoisotopic (exact) mass is 416 g/mol. The van der Waals surface area contributed by atoms with Crippen molar-refractivity contribution in [2.75, 3.05) is 20.2 Å². The van der Waals surface area contributed by atoms with Crippen LogP contribution in [0.25, 0.3) is 10.9 Å². The van der Waals surface area contributed by atoms with Gasteiger partial charge in [-0.15, -0.1) is 0 Å². The van der Waals surface area contributed by atoms with Crippen LogP contribution in [0.1, 0.15) is 34.9 Å². The first-order valence-corrected chi connectivity index (χ1v) is 10.6. The van der Waals surface area contributed by atoms with E-state index in [-0.39, 0.29) is 23.9 Å². The summed E-state index contributed by atoms with van der Waals surface area (Å²) < 4.78 is 5.45. The number of piperidine rings is 1. The number of likely N-dealkylation sites (tertiary alicyclic amines) is 2. The number of rotatable bonds is 4. The molecule has 1 aromatic carbocycles. The number of carbonyl (C=O) groups is 2. The lowest BCUT2D eigenvalue weighted by Gasteiger charge is -2.52. The first-order chi connectivity index (χ1) is 15.2. The Morgan fingerprint density at radius 3 is 2.52 bits per heavy atom. The molecule has 31 heavy (non-hydrogen) atoms. The molecule has 4 heterocycles. The second kappa shape index (κ2) is 8.07. The van der Waals surface area contributed by atoms with E-state index in [1.165, 1.54) is 0 Å². The van der Waals surface area contributed by atoms with Gasteiger partial charge in [-0.2, -0.15) is 0 Å². The van der Waals surface area contributed by atoms with E-state index in [0.29, 0.717) is 18.8 Å². The fourth-order valence-electron chi connectivity index (χ4n) is 4.71. The number of β-lactam (4-membered cyclic amide) rings is 1. The largest absolute Gasteiger partial charge is 0.369 e. The molecule has 2 atom stereocenters.